The minimum Gasteiger partial charge on any atom is -0.368 e. The summed E-state index contributed by atoms with van der Waals surface area (Å²) >= 11 is 0. The molecule has 16 heavy (non-hydrogen) atoms. The lowest BCUT2D eigenvalue weighted by Gasteiger charge is -2.40. The fourth-order valence-corrected chi connectivity index (χ4v) is 2.53. The normalized spacial score (nSPS) is 26.7. The van der Waals surface area contributed by atoms with Crippen molar-refractivity contribution < 1.29 is 9.63 Å². The van der Waals surface area contributed by atoms with Gasteiger partial charge in [0.25, 0.3) is 0 Å². The van der Waals surface area contributed by atoms with E-state index in [1.807, 2.05) is 0 Å². The molecule has 1 saturated carbocycles. The molecule has 1 amide bonds. The Morgan fingerprint density at radius 3 is 2.56 bits per heavy atom. The van der Waals surface area contributed by atoms with Crippen LogP contribution in [0.25, 0.3) is 0 Å². The number of amides is 1. The molecular formula is C12H24N2O2. The van der Waals surface area contributed by atoms with Crippen molar-refractivity contribution in [2.45, 2.75) is 52.5 Å². The molecule has 0 aromatic rings. The number of carbonyl (C=O) groups excluding carboxylic acids is 1. The van der Waals surface area contributed by atoms with Crippen LogP contribution in [0.1, 0.15) is 46.5 Å². The first-order chi connectivity index (χ1) is 7.41. The minimum atomic E-state index is -0.435. The summed E-state index contributed by atoms with van der Waals surface area (Å²) in [7, 11) is 0. The van der Waals surface area contributed by atoms with Crippen LogP contribution in [-0.2, 0) is 9.63 Å². The van der Waals surface area contributed by atoms with Gasteiger partial charge in [-0.3, -0.25) is 9.63 Å². The average Bonchev–Trinajstić information content (AvgIpc) is 2.16. The van der Waals surface area contributed by atoms with Crippen LogP contribution in [0.4, 0.5) is 0 Å². The molecule has 0 aromatic carbocycles. The molecule has 0 aliphatic heterocycles. The van der Waals surface area contributed by atoms with Gasteiger partial charge < -0.3 is 5.73 Å². The number of rotatable bonds is 4. The third-order valence-corrected chi connectivity index (χ3v) is 3.33. The van der Waals surface area contributed by atoms with Gasteiger partial charge in [-0.05, 0) is 24.2 Å². The van der Waals surface area contributed by atoms with Crippen LogP contribution in [0.2, 0.25) is 0 Å². The van der Waals surface area contributed by atoms with E-state index >= 15 is 0 Å². The van der Waals surface area contributed by atoms with E-state index in [1.165, 1.54) is 19.3 Å². The maximum absolute atomic E-state index is 10.6. The van der Waals surface area contributed by atoms with Crippen LogP contribution in [-0.4, -0.2) is 18.6 Å². The number of hydrogen-bond donors (Lipinski definition) is 2. The maximum atomic E-state index is 10.6. The Labute approximate surface area is 97.9 Å². The summed E-state index contributed by atoms with van der Waals surface area (Å²) < 4.78 is 0. The first-order valence-electron chi connectivity index (χ1n) is 6.07. The summed E-state index contributed by atoms with van der Waals surface area (Å²) in [6, 6.07) is 0.341. The van der Waals surface area contributed by atoms with Gasteiger partial charge in [-0.25, -0.2) is 0 Å². The van der Waals surface area contributed by atoms with E-state index in [-0.39, 0.29) is 12.0 Å². The highest BCUT2D eigenvalue weighted by atomic mass is 16.6. The smallest absolute Gasteiger partial charge is 0.245 e. The molecule has 4 heteroatoms. The molecule has 2 atom stereocenters. The van der Waals surface area contributed by atoms with Crippen molar-refractivity contribution in [1.29, 1.82) is 0 Å². The van der Waals surface area contributed by atoms with Gasteiger partial charge in [0, 0.05) is 6.04 Å². The third kappa shape index (κ3) is 4.10. The van der Waals surface area contributed by atoms with Crippen molar-refractivity contribution in [3.8, 4) is 0 Å². The highest BCUT2D eigenvalue weighted by Crippen LogP contribution is 2.37. The average molecular weight is 228 g/mol. The fourth-order valence-electron chi connectivity index (χ4n) is 2.53. The first kappa shape index (κ1) is 13.5. The zero-order chi connectivity index (χ0) is 12.2. The molecule has 0 aromatic heterocycles. The van der Waals surface area contributed by atoms with E-state index in [0.717, 1.165) is 6.42 Å². The highest BCUT2D eigenvalue weighted by Gasteiger charge is 2.34. The van der Waals surface area contributed by atoms with Crippen LogP contribution in [0.5, 0.6) is 0 Å². The monoisotopic (exact) mass is 228 g/mol. The molecule has 3 N–H and O–H groups in total. The first-order valence-corrected chi connectivity index (χ1v) is 6.07. The summed E-state index contributed by atoms with van der Waals surface area (Å²) in [4.78, 5) is 15.7. The van der Waals surface area contributed by atoms with E-state index in [1.54, 1.807) is 0 Å². The Morgan fingerprint density at radius 2 is 2.00 bits per heavy atom. The van der Waals surface area contributed by atoms with Crippen molar-refractivity contribution in [1.82, 2.24) is 5.48 Å². The second-order valence-electron chi connectivity index (χ2n) is 5.74. The van der Waals surface area contributed by atoms with Gasteiger partial charge in [-0.15, -0.1) is 0 Å². The second-order valence-corrected chi connectivity index (χ2v) is 5.74. The number of primary amides is 1. The van der Waals surface area contributed by atoms with E-state index in [9.17, 15) is 4.79 Å². The molecule has 2 unspecified atom stereocenters. The van der Waals surface area contributed by atoms with Gasteiger partial charge in [0.2, 0.25) is 5.91 Å². The van der Waals surface area contributed by atoms with Crippen LogP contribution in [0.3, 0.4) is 0 Å². The molecule has 94 valence electrons. The van der Waals surface area contributed by atoms with Gasteiger partial charge in [-0.2, -0.15) is 5.48 Å². The summed E-state index contributed by atoms with van der Waals surface area (Å²) in [6.45, 7) is 6.72. The molecule has 0 heterocycles. The van der Waals surface area contributed by atoms with Crippen molar-refractivity contribution >= 4 is 5.91 Å². The molecule has 0 saturated heterocycles. The lowest BCUT2D eigenvalue weighted by Crippen LogP contribution is -2.45. The van der Waals surface area contributed by atoms with Crippen molar-refractivity contribution in [3.63, 3.8) is 0 Å². The SMILES string of the molecule is CC(C)(C)C1CCCCC1NOCC(N)=O. The number of hydrogen-bond acceptors (Lipinski definition) is 3. The quantitative estimate of drug-likeness (QED) is 0.718. The van der Waals surface area contributed by atoms with Gasteiger partial charge in [0.1, 0.15) is 6.61 Å². The summed E-state index contributed by atoms with van der Waals surface area (Å²) in [5, 5.41) is 0. The third-order valence-electron chi connectivity index (χ3n) is 3.33. The Kier molecular flexibility index (Phi) is 4.74. The van der Waals surface area contributed by atoms with Crippen molar-refractivity contribution in [2.75, 3.05) is 6.61 Å². The Bertz CT molecular complexity index is 236. The Morgan fingerprint density at radius 1 is 1.38 bits per heavy atom. The Hall–Kier alpha value is -0.610. The summed E-state index contributed by atoms with van der Waals surface area (Å²) in [6.07, 6.45) is 4.85. The molecule has 1 aliphatic carbocycles. The van der Waals surface area contributed by atoms with Crippen molar-refractivity contribution in [2.24, 2.45) is 17.1 Å². The maximum Gasteiger partial charge on any atom is 0.245 e. The van der Waals surface area contributed by atoms with Gasteiger partial charge >= 0.3 is 0 Å². The fraction of sp³-hybridized carbons (Fsp3) is 0.917. The molecule has 0 bridgehead atoms. The highest BCUT2D eigenvalue weighted by molar-refractivity contribution is 5.74. The zero-order valence-corrected chi connectivity index (χ0v) is 10.6. The van der Waals surface area contributed by atoms with Crippen LogP contribution < -0.4 is 11.2 Å². The van der Waals surface area contributed by atoms with Gasteiger partial charge in [-0.1, -0.05) is 33.6 Å². The van der Waals surface area contributed by atoms with E-state index < -0.39 is 5.91 Å². The molecule has 0 radical (unpaired) electrons. The van der Waals surface area contributed by atoms with Crippen LogP contribution in [0.15, 0.2) is 0 Å². The number of nitrogens with two attached hydrogens (primary N) is 1. The van der Waals surface area contributed by atoms with Crippen molar-refractivity contribution in [3.05, 3.63) is 0 Å². The molecular weight excluding hydrogens is 204 g/mol. The molecule has 0 spiro atoms. The number of hydroxylamine groups is 1. The lowest BCUT2D eigenvalue weighted by atomic mass is 9.70. The molecule has 1 rings (SSSR count). The predicted octanol–water partition coefficient (Wildman–Crippen LogP) is 1.60. The number of carbonyl (C=O) groups is 1. The zero-order valence-electron chi connectivity index (χ0n) is 10.6. The Balaban J connectivity index is 2.44. The predicted molar refractivity (Wildman–Crippen MR) is 63.5 cm³/mol. The van der Waals surface area contributed by atoms with Gasteiger partial charge in [0.05, 0.1) is 0 Å². The topological polar surface area (TPSA) is 64.3 Å². The number of nitrogens with one attached hydrogen (secondary N) is 1. The van der Waals surface area contributed by atoms with Crippen LogP contribution in [0, 0.1) is 11.3 Å². The summed E-state index contributed by atoms with van der Waals surface area (Å²) in [5.41, 5.74) is 8.31. The van der Waals surface area contributed by atoms with Crippen LogP contribution >= 0.6 is 0 Å². The molecule has 1 aliphatic rings. The van der Waals surface area contributed by atoms with Gasteiger partial charge in [0.15, 0.2) is 0 Å². The van der Waals surface area contributed by atoms with E-state index in [2.05, 4.69) is 26.3 Å². The summed E-state index contributed by atoms with van der Waals surface area (Å²) in [5.74, 6) is 0.157. The standard InChI is InChI=1S/C12H24N2O2/c1-12(2,3)9-6-4-5-7-10(9)14-16-8-11(13)15/h9-10,14H,4-8H2,1-3H3,(H2,13,15). The molecule has 4 nitrogen and oxygen atoms in total. The van der Waals surface area contributed by atoms with E-state index in [0.29, 0.717) is 12.0 Å². The minimum absolute atomic E-state index is 0.0483. The molecule has 1 fully saturated rings. The largest absolute Gasteiger partial charge is 0.368 e. The lowest BCUT2D eigenvalue weighted by molar-refractivity contribution is -0.127. The second kappa shape index (κ2) is 5.64. The van der Waals surface area contributed by atoms with E-state index in [4.69, 9.17) is 10.6 Å².